The summed E-state index contributed by atoms with van der Waals surface area (Å²) >= 11 is 0. The number of nitrogens with zero attached hydrogens (tertiary/aromatic N) is 5. The number of anilines is 1. The van der Waals surface area contributed by atoms with Crippen LogP contribution in [0.4, 0.5) is 5.82 Å². The maximum absolute atomic E-state index is 4.57. The lowest BCUT2D eigenvalue weighted by atomic mass is 10.1. The maximum Gasteiger partial charge on any atom is 0.191 e. The zero-order chi connectivity index (χ0) is 16.9. The van der Waals surface area contributed by atoms with E-state index in [1.165, 1.54) is 0 Å². The molecule has 0 bridgehead atoms. The molecule has 8 heteroatoms. The Morgan fingerprint density at radius 1 is 1.30 bits per heavy atom. The molecule has 0 saturated heterocycles. The Hall–Kier alpha value is -2.38. The van der Waals surface area contributed by atoms with Crippen LogP contribution < -0.4 is 16.0 Å². The lowest BCUT2D eigenvalue weighted by molar-refractivity contribution is 0.502. The van der Waals surface area contributed by atoms with Gasteiger partial charge in [-0.25, -0.2) is 9.97 Å². The van der Waals surface area contributed by atoms with Gasteiger partial charge in [0.25, 0.3) is 0 Å². The van der Waals surface area contributed by atoms with Crippen molar-refractivity contribution < 1.29 is 0 Å². The molecule has 0 amide bonds. The van der Waals surface area contributed by atoms with Gasteiger partial charge in [0.05, 0.1) is 18.1 Å². The number of aromatic nitrogens is 4. The van der Waals surface area contributed by atoms with Crippen LogP contribution in [0.3, 0.4) is 0 Å². The Balaban J connectivity index is 1.96. The largest absolute Gasteiger partial charge is 0.367 e. The number of hydrogen-bond donors (Lipinski definition) is 3. The van der Waals surface area contributed by atoms with Crippen LogP contribution in [0.5, 0.6) is 0 Å². The van der Waals surface area contributed by atoms with Crippen molar-refractivity contribution in [2.75, 3.05) is 25.0 Å². The van der Waals surface area contributed by atoms with E-state index in [1.54, 1.807) is 17.2 Å². The fraction of sp³-hybridized carbons (Fsp3) is 0.600. The Kier molecular flexibility index (Phi) is 5.36. The highest BCUT2D eigenvalue weighted by molar-refractivity contribution is 5.86. The van der Waals surface area contributed by atoms with Gasteiger partial charge in [-0.3, -0.25) is 9.67 Å². The zero-order valence-electron chi connectivity index (χ0n) is 14.5. The van der Waals surface area contributed by atoms with E-state index < -0.39 is 0 Å². The van der Waals surface area contributed by atoms with Gasteiger partial charge in [-0.2, -0.15) is 5.10 Å². The molecular weight excluding hydrogens is 292 g/mol. The second-order valence-corrected chi connectivity index (χ2v) is 6.29. The monoisotopic (exact) mass is 318 g/mol. The van der Waals surface area contributed by atoms with Gasteiger partial charge >= 0.3 is 0 Å². The summed E-state index contributed by atoms with van der Waals surface area (Å²) in [5, 5.41) is 15.0. The van der Waals surface area contributed by atoms with Crippen LogP contribution in [0.25, 0.3) is 11.0 Å². The van der Waals surface area contributed by atoms with Gasteiger partial charge in [0.1, 0.15) is 12.1 Å². The van der Waals surface area contributed by atoms with Gasteiger partial charge in [0.15, 0.2) is 11.6 Å². The molecule has 0 unspecified atom stereocenters. The van der Waals surface area contributed by atoms with E-state index in [1.807, 2.05) is 7.05 Å². The smallest absolute Gasteiger partial charge is 0.191 e. The molecule has 8 nitrogen and oxygen atoms in total. The molecule has 0 aliphatic carbocycles. The Bertz CT molecular complexity index is 668. The highest BCUT2D eigenvalue weighted by Crippen LogP contribution is 2.17. The quantitative estimate of drug-likeness (QED) is 0.435. The predicted molar refractivity (Wildman–Crippen MR) is 93.7 cm³/mol. The van der Waals surface area contributed by atoms with Crippen molar-refractivity contribution in [1.29, 1.82) is 0 Å². The zero-order valence-corrected chi connectivity index (χ0v) is 14.5. The van der Waals surface area contributed by atoms with Crippen LogP contribution in [-0.2, 0) is 7.05 Å². The molecule has 0 spiro atoms. The number of aryl methyl sites for hydroxylation is 1. The first-order valence-corrected chi connectivity index (χ1v) is 7.84. The van der Waals surface area contributed by atoms with E-state index in [0.717, 1.165) is 29.4 Å². The van der Waals surface area contributed by atoms with Crippen LogP contribution in [-0.4, -0.2) is 50.9 Å². The van der Waals surface area contributed by atoms with E-state index in [0.29, 0.717) is 13.1 Å². The van der Waals surface area contributed by atoms with Crippen molar-refractivity contribution in [3.8, 4) is 0 Å². The SMILES string of the molecule is CCNC(=NCCNc1ncnc2c1cnn2C)NC(C)(C)C. The first-order chi connectivity index (χ1) is 10.9. The molecule has 0 aliphatic heterocycles. The highest BCUT2D eigenvalue weighted by Gasteiger charge is 2.11. The molecule has 2 aromatic heterocycles. The molecule has 126 valence electrons. The van der Waals surface area contributed by atoms with E-state index in [2.05, 4.69) is 63.7 Å². The third-order valence-corrected chi connectivity index (χ3v) is 3.04. The molecule has 0 fully saturated rings. The first kappa shape index (κ1) is 17.0. The average Bonchev–Trinajstić information content (AvgIpc) is 2.85. The van der Waals surface area contributed by atoms with Gasteiger partial charge in [-0.15, -0.1) is 0 Å². The second-order valence-electron chi connectivity index (χ2n) is 6.29. The lowest BCUT2D eigenvalue weighted by Crippen LogP contribution is -2.47. The number of aliphatic imine (C=N–C) groups is 1. The summed E-state index contributed by atoms with van der Waals surface area (Å²) in [4.78, 5) is 13.1. The van der Waals surface area contributed by atoms with Gasteiger partial charge in [0, 0.05) is 25.7 Å². The van der Waals surface area contributed by atoms with E-state index >= 15 is 0 Å². The highest BCUT2D eigenvalue weighted by atomic mass is 15.3. The minimum Gasteiger partial charge on any atom is -0.367 e. The Morgan fingerprint density at radius 3 is 2.78 bits per heavy atom. The van der Waals surface area contributed by atoms with Gasteiger partial charge in [0.2, 0.25) is 0 Å². The molecule has 0 saturated carbocycles. The Morgan fingerprint density at radius 2 is 2.09 bits per heavy atom. The summed E-state index contributed by atoms with van der Waals surface area (Å²) in [5.41, 5.74) is 0.789. The summed E-state index contributed by atoms with van der Waals surface area (Å²) in [6.45, 7) is 10.5. The molecule has 0 aromatic carbocycles. The number of nitrogens with one attached hydrogen (secondary N) is 3. The van der Waals surface area contributed by atoms with Crippen molar-refractivity contribution >= 4 is 22.8 Å². The number of hydrogen-bond acceptors (Lipinski definition) is 5. The summed E-state index contributed by atoms with van der Waals surface area (Å²) in [7, 11) is 1.87. The molecule has 0 aliphatic rings. The molecular formula is C15H26N8. The van der Waals surface area contributed by atoms with Crippen molar-refractivity contribution in [1.82, 2.24) is 30.4 Å². The summed E-state index contributed by atoms with van der Waals surface area (Å²) in [5.74, 6) is 1.60. The van der Waals surface area contributed by atoms with E-state index in [-0.39, 0.29) is 5.54 Å². The predicted octanol–water partition coefficient (Wildman–Crippen LogP) is 1.13. The third-order valence-electron chi connectivity index (χ3n) is 3.04. The summed E-state index contributed by atoms with van der Waals surface area (Å²) in [6.07, 6.45) is 3.31. The van der Waals surface area contributed by atoms with E-state index in [9.17, 15) is 0 Å². The average molecular weight is 318 g/mol. The van der Waals surface area contributed by atoms with Crippen molar-refractivity contribution in [2.24, 2.45) is 12.0 Å². The van der Waals surface area contributed by atoms with Crippen molar-refractivity contribution in [3.63, 3.8) is 0 Å². The minimum atomic E-state index is -0.0248. The molecule has 2 rings (SSSR count). The normalized spacial score (nSPS) is 12.5. The topological polar surface area (TPSA) is 92.1 Å². The number of rotatable bonds is 5. The van der Waals surface area contributed by atoms with Crippen LogP contribution in [0.2, 0.25) is 0 Å². The van der Waals surface area contributed by atoms with Crippen LogP contribution in [0.15, 0.2) is 17.5 Å². The summed E-state index contributed by atoms with van der Waals surface area (Å²) in [6, 6.07) is 0. The van der Waals surface area contributed by atoms with Gasteiger partial charge in [-0.05, 0) is 27.7 Å². The van der Waals surface area contributed by atoms with Crippen molar-refractivity contribution in [3.05, 3.63) is 12.5 Å². The van der Waals surface area contributed by atoms with Crippen molar-refractivity contribution in [2.45, 2.75) is 33.2 Å². The number of fused-ring (bicyclic) bond motifs is 1. The van der Waals surface area contributed by atoms with Crippen LogP contribution in [0, 0.1) is 0 Å². The number of guanidine groups is 1. The first-order valence-electron chi connectivity index (χ1n) is 7.84. The molecule has 2 heterocycles. The molecule has 0 radical (unpaired) electrons. The maximum atomic E-state index is 4.57. The minimum absolute atomic E-state index is 0.0248. The molecule has 2 aromatic rings. The van der Waals surface area contributed by atoms with Crippen LogP contribution >= 0.6 is 0 Å². The molecule has 3 N–H and O–H groups in total. The second kappa shape index (κ2) is 7.26. The van der Waals surface area contributed by atoms with E-state index in [4.69, 9.17) is 0 Å². The van der Waals surface area contributed by atoms with Gasteiger partial charge < -0.3 is 16.0 Å². The summed E-state index contributed by atoms with van der Waals surface area (Å²) < 4.78 is 1.73. The third kappa shape index (κ3) is 4.80. The van der Waals surface area contributed by atoms with Crippen LogP contribution in [0.1, 0.15) is 27.7 Å². The fourth-order valence-corrected chi connectivity index (χ4v) is 2.11. The standard InChI is InChI=1S/C15H26N8/c1-6-16-14(22-15(2,3)4)18-8-7-17-12-11-9-21-23(5)13(11)20-10-19-12/h9-10H,6-8H2,1-5H3,(H2,16,18,22)(H,17,19,20). The lowest BCUT2D eigenvalue weighted by Gasteiger charge is -2.23. The molecule has 23 heavy (non-hydrogen) atoms. The fourth-order valence-electron chi connectivity index (χ4n) is 2.11. The Labute approximate surface area is 136 Å². The molecule has 0 atom stereocenters. The van der Waals surface area contributed by atoms with Gasteiger partial charge in [-0.1, -0.05) is 0 Å².